The molecule has 1 fully saturated rings. The van der Waals surface area contributed by atoms with Crippen molar-refractivity contribution in [2.24, 2.45) is 0 Å². The molecule has 0 aliphatic carbocycles. The molecule has 0 bridgehead atoms. The zero-order valence-electron chi connectivity index (χ0n) is 15.4. The van der Waals surface area contributed by atoms with Gasteiger partial charge in [0.25, 0.3) is 5.69 Å². The number of rotatable bonds is 7. The van der Waals surface area contributed by atoms with E-state index < -0.39 is 4.92 Å². The molecule has 1 aliphatic rings. The molecule has 146 valence electrons. The molecular formula is C21H22N2O4S. The van der Waals surface area contributed by atoms with Crippen LogP contribution in [0.5, 0.6) is 0 Å². The molecule has 0 spiro atoms. The van der Waals surface area contributed by atoms with Crippen LogP contribution in [0, 0.1) is 10.1 Å². The molecule has 0 radical (unpaired) electrons. The smallest absolute Gasteiger partial charge is 0.269 e. The highest BCUT2D eigenvalue weighted by atomic mass is 32.2. The number of nitrogens with one attached hydrogen (secondary N) is 1. The summed E-state index contributed by atoms with van der Waals surface area (Å²) in [6.07, 6.45) is 4.86. The third-order valence-electron chi connectivity index (χ3n) is 4.60. The van der Waals surface area contributed by atoms with E-state index in [9.17, 15) is 14.9 Å². The second-order valence-corrected chi connectivity index (χ2v) is 8.15. The summed E-state index contributed by atoms with van der Waals surface area (Å²) in [5, 5.41) is 13.7. The molecule has 1 saturated heterocycles. The third kappa shape index (κ3) is 5.68. The van der Waals surface area contributed by atoms with E-state index in [0.717, 1.165) is 18.4 Å². The quantitative estimate of drug-likeness (QED) is 0.432. The van der Waals surface area contributed by atoms with E-state index in [2.05, 4.69) is 17.4 Å². The largest absolute Gasteiger partial charge is 0.381 e. The molecule has 2 aromatic rings. The van der Waals surface area contributed by atoms with E-state index in [-0.39, 0.29) is 16.3 Å². The standard InChI is InChI=1S/C21H22N2O4S/c24-20(11-8-17-6-9-18(10-7-17)23(25)26)22-16-21(12-14-27-15-13-21)28-19-4-2-1-3-5-19/h1-11H,12-16H2,(H,22,24)/b11-8+. The van der Waals surface area contributed by atoms with Crippen LogP contribution in [0.2, 0.25) is 0 Å². The first-order valence-electron chi connectivity index (χ1n) is 9.09. The second-order valence-electron chi connectivity index (χ2n) is 6.61. The highest BCUT2D eigenvalue weighted by Gasteiger charge is 2.34. The number of nitro groups is 1. The summed E-state index contributed by atoms with van der Waals surface area (Å²) < 4.78 is 5.43. The van der Waals surface area contributed by atoms with Crippen LogP contribution >= 0.6 is 11.8 Å². The van der Waals surface area contributed by atoms with Crippen molar-refractivity contribution in [1.29, 1.82) is 0 Å². The summed E-state index contributed by atoms with van der Waals surface area (Å²) in [6.45, 7) is 1.93. The first kappa shape index (κ1) is 20.1. The molecule has 1 N–H and O–H groups in total. The SMILES string of the molecule is O=C(/C=C/c1ccc([N+](=O)[O-])cc1)NCC1(Sc2ccccc2)CCOCC1. The minimum Gasteiger partial charge on any atom is -0.381 e. The van der Waals surface area contributed by atoms with Crippen LogP contribution in [0.3, 0.4) is 0 Å². The molecule has 1 heterocycles. The van der Waals surface area contributed by atoms with Gasteiger partial charge in [-0.1, -0.05) is 18.2 Å². The molecule has 0 unspecified atom stereocenters. The van der Waals surface area contributed by atoms with Crippen LogP contribution in [-0.2, 0) is 9.53 Å². The Labute approximate surface area is 168 Å². The number of ether oxygens (including phenoxy) is 1. The van der Waals surface area contributed by atoms with Crippen molar-refractivity contribution < 1.29 is 14.5 Å². The number of nitro benzene ring substituents is 1. The van der Waals surface area contributed by atoms with Gasteiger partial charge in [-0.2, -0.15) is 0 Å². The van der Waals surface area contributed by atoms with Gasteiger partial charge in [0.15, 0.2) is 0 Å². The molecule has 28 heavy (non-hydrogen) atoms. The van der Waals surface area contributed by atoms with Gasteiger partial charge in [0.05, 0.1) is 4.92 Å². The van der Waals surface area contributed by atoms with Crippen molar-refractivity contribution >= 4 is 29.4 Å². The molecule has 2 aromatic carbocycles. The fourth-order valence-corrected chi connectivity index (χ4v) is 4.29. The number of non-ortho nitro benzene ring substituents is 1. The van der Waals surface area contributed by atoms with Gasteiger partial charge in [-0.15, -0.1) is 11.8 Å². The maximum atomic E-state index is 12.3. The van der Waals surface area contributed by atoms with Crippen LogP contribution in [0.4, 0.5) is 5.69 Å². The maximum absolute atomic E-state index is 12.3. The fraction of sp³-hybridized carbons (Fsp3) is 0.286. The van der Waals surface area contributed by atoms with Crippen molar-refractivity contribution in [3.05, 3.63) is 76.4 Å². The van der Waals surface area contributed by atoms with Crippen molar-refractivity contribution in [3.8, 4) is 0 Å². The van der Waals surface area contributed by atoms with E-state index in [1.807, 2.05) is 18.2 Å². The van der Waals surface area contributed by atoms with E-state index in [4.69, 9.17) is 4.74 Å². The average molecular weight is 398 g/mol. The first-order chi connectivity index (χ1) is 13.6. The predicted molar refractivity (Wildman–Crippen MR) is 110 cm³/mol. The van der Waals surface area contributed by atoms with Crippen LogP contribution in [0.25, 0.3) is 6.08 Å². The van der Waals surface area contributed by atoms with Crippen LogP contribution in [-0.4, -0.2) is 35.3 Å². The number of carbonyl (C=O) groups excluding carboxylic acids is 1. The third-order valence-corrected chi connectivity index (χ3v) is 6.09. The molecule has 3 rings (SSSR count). The van der Waals surface area contributed by atoms with E-state index in [0.29, 0.717) is 19.8 Å². The van der Waals surface area contributed by atoms with Crippen LogP contribution < -0.4 is 5.32 Å². The van der Waals surface area contributed by atoms with Gasteiger partial charge in [0, 0.05) is 47.6 Å². The number of nitrogens with zero attached hydrogens (tertiary/aromatic N) is 1. The van der Waals surface area contributed by atoms with Gasteiger partial charge in [-0.05, 0) is 48.7 Å². The molecule has 1 aliphatic heterocycles. The summed E-state index contributed by atoms with van der Waals surface area (Å²) in [5.74, 6) is -0.183. The molecule has 6 nitrogen and oxygen atoms in total. The highest BCUT2D eigenvalue weighted by Crippen LogP contribution is 2.40. The van der Waals surface area contributed by atoms with Gasteiger partial charge in [-0.3, -0.25) is 14.9 Å². The monoisotopic (exact) mass is 398 g/mol. The Bertz CT molecular complexity index is 831. The topological polar surface area (TPSA) is 81.5 Å². The second kappa shape index (κ2) is 9.52. The number of hydrogen-bond acceptors (Lipinski definition) is 5. The van der Waals surface area contributed by atoms with Crippen LogP contribution in [0.1, 0.15) is 18.4 Å². The van der Waals surface area contributed by atoms with Gasteiger partial charge < -0.3 is 10.1 Å². The van der Waals surface area contributed by atoms with E-state index >= 15 is 0 Å². The molecule has 0 saturated carbocycles. The van der Waals surface area contributed by atoms with Gasteiger partial charge in [-0.25, -0.2) is 0 Å². The highest BCUT2D eigenvalue weighted by molar-refractivity contribution is 8.00. The Balaban J connectivity index is 1.59. The zero-order chi connectivity index (χ0) is 19.8. The zero-order valence-corrected chi connectivity index (χ0v) is 16.2. The summed E-state index contributed by atoms with van der Waals surface area (Å²) in [7, 11) is 0. The number of benzene rings is 2. The molecule has 0 aromatic heterocycles. The molecule has 0 atom stereocenters. The van der Waals surface area contributed by atoms with Crippen LogP contribution in [0.15, 0.2) is 65.6 Å². The minimum atomic E-state index is -0.446. The lowest BCUT2D eigenvalue weighted by atomic mass is 9.99. The lowest BCUT2D eigenvalue weighted by Gasteiger charge is -2.36. The lowest BCUT2D eigenvalue weighted by molar-refractivity contribution is -0.384. The average Bonchev–Trinajstić information content (AvgIpc) is 2.72. The van der Waals surface area contributed by atoms with Crippen molar-refractivity contribution in [2.75, 3.05) is 19.8 Å². The van der Waals surface area contributed by atoms with Crippen molar-refractivity contribution in [2.45, 2.75) is 22.5 Å². The van der Waals surface area contributed by atoms with Gasteiger partial charge in [0.2, 0.25) is 5.91 Å². The molecule has 7 heteroatoms. The Morgan fingerprint density at radius 2 is 1.82 bits per heavy atom. The Morgan fingerprint density at radius 3 is 2.46 bits per heavy atom. The Hall–Kier alpha value is -2.64. The summed E-state index contributed by atoms with van der Waals surface area (Å²) in [5.41, 5.74) is 0.765. The van der Waals surface area contributed by atoms with Crippen molar-refractivity contribution in [3.63, 3.8) is 0 Å². The van der Waals surface area contributed by atoms with Crippen molar-refractivity contribution in [1.82, 2.24) is 5.32 Å². The number of amides is 1. The lowest BCUT2D eigenvalue weighted by Crippen LogP contribution is -2.44. The summed E-state index contributed by atoms with van der Waals surface area (Å²) >= 11 is 1.79. The Kier molecular flexibility index (Phi) is 6.84. The molecule has 1 amide bonds. The number of hydrogen-bond donors (Lipinski definition) is 1. The van der Waals surface area contributed by atoms with E-state index in [1.165, 1.54) is 23.1 Å². The minimum absolute atomic E-state index is 0.0287. The normalized spacial score (nSPS) is 16.0. The summed E-state index contributed by atoms with van der Waals surface area (Å²) in [4.78, 5) is 23.7. The fourth-order valence-electron chi connectivity index (χ4n) is 2.98. The Morgan fingerprint density at radius 1 is 1.14 bits per heavy atom. The summed E-state index contributed by atoms with van der Waals surface area (Å²) in [6, 6.07) is 16.3. The number of carbonyl (C=O) groups is 1. The number of thioether (sulfide) groups is 1. The maximum Gasteiger partial charge on any atom is 0.269 e. The first-order valence-corrected chi connectivity index (χ1v) is 9.90. The predicted octanol–water partition coefficient (Wildman–Crippen LogP) is 4.07. The van der Waals surface area contributed by atoms with Gasteiger partial charge in [0.1, 0.15) is 0 Å². The molecular weight excluding hydrogens is 376 g/mol. The van der Waals surface area contributed by atoms with Gasteiger partial charge >= 0.3 is 0 Å². The van der Waals surface area contributed by atoms with E-state index in [1.54, 1.807) is 30.0 Å².